The lowest BCUT2D eigenvalue weighted by Gasteiger charge is -2.08. The second kappa shape index (κ2) is 5.85. The Hall–Kier alpha value is -2.52. The van der Waals surface area contributed by atoms with Crippen molar-refractivity contribution in [2.75, 3.05) is 11.1 Å². The third-order valence-corrected chi connectivity index (χ3v) is 3.37. The largest absolute Gasteiger partial charge is 0.395 e. The number of nitrogens with zero attached hydrogens (tertiary/aromatic N) is 3. The number of carbonyl (C=O) groups excluding carboxylic acids is 1. The van der Waals surface area contributed by atoms with Gasteiger partial charge in [-0.15, -0.1) is 0 Å². The number of benzene rings is 1. The number of nitrogen functional groups attached to an aromatic ring is 1. The van der Waals surface area contributed by atoms with Crippen LogP contribution >= 0.6 is 11.6 Å². The number of nitrogens with two attached hydrogens (primary N) is 1. The van der Waals surface area contributed by atoms with Crippen LogP contribution in [0, 0.1) is 11.3 Å². The highest BCUT2D eigenvalue weighted by atomic mass is 35.5. The summed E-state index contributed by atoms with van der Waals surface area (Å²) in [6.45, 7) is 1.91. The van der Waals surface area contributed by atoms with E-state index in [4.69, 9.17) is 22.6 Å². The number of nitriles is 1. The van der Waals surface area contributed by atoms with Crippen molar-refractivity contribution in [1.29, 1.82) is 5.26 Å². The molecule has 7 heteroatoms. The summed E-state index contributed by atoms with van der Waals surface area (Å²) in [5.41, 5.74) is 8.09. The van der Waals surface area contributed by atoms with Crippen molar-refractivity contribution in [3.05, 3.63) is 40.2 Å². The average Bonchev–Trinajstić information content (AvgIpc) is 2.75. The summed E-state index contributed by atoms with van der Waals surface area (Å²) >= 11 is 6.03. The summed E-state index contributed by atoms with van der Waals surface area (Å²) in [6.07, 6.45) is 0.643. The minimum absolute atomic E-state index is 0.285. The Bertz CT molecular complexity index is 745. The minimum Gasteiger partial charge on any atom is -0.395 e. The molecule has 0 aliphatic heterocycles. The van der Waals surface area contributed by atoms with E-state index in [-0.39, 0.29) is 5.69 Å². The Morgan fingerprint density at radius 2 is 2.29 bits per heavy atom. The molecule has 1 aromatic carbocycles. The Balaban J connectivity index is 2.31. The molecular formula is C14H14ClN5O. The van der Waals surface area contributed by atoms with Gasteiger partial charge in [-0.05, 0) is 24.6 Å². The molecule has 2 aromatic rings. The summed E-state index contributed by atoms with van der Waals surface area (Å²) in [4.78, 5) is 12.3. The molecule has 0 saturated carbocycles. The standard InChI is InChI=1S/C14H14ClN5O/c1-3-10-12(17)13(20(2)19-10)14(21)18-11-5-4-8(7-16)6-9(11)15/h4-6H,3,17H2,1-2H3,(H,18,21). The van der Waals surface area contributed by atoms with Crippen molar-refractivity contribution >= 4 is 28.9 Å². The van der Waals surface area contributed by atoms with Crippen molar-refractivity contribution in [2.45, 2.75) is 13.3 Å². The zero-order valence-corrected chi connectivity index (χ0v) is 12.4. The topological polar surface area (TPSA) is 96.7 Å². The highest BCUT2D eigenvalue weighted by molar-refractivity contribution is 6.34. The molecule has 0 fully saturated rings. The van der Waals surface area contributed by atoms with Crippen LogP contribution in [0.25, 0.3) is 0 Å². The molecule has 0 aliphatic rings. The van der Waals surface area contributed by atoms with E-state index in [2.05, 4.69) is 10.4 Å². The molecule has 0 spiro atoms. The monoisotopic (exact) mass is 303 g/mol. The van der Waals surface area contributed by atoms with Crippen LogP contribution in [-0.4, -0.2) is 15.7 Å². The molecule has 6 nitrogen and oxygen atoms in total. The van der Waals surface area contributed by atoms with Gasteiger partial charge in [-0.3, -0.25) is 9.48 Å². The first-order chi connectivity index (χ1) is 9.97. The molecule has 0 atom stereocenters. The first kappa shape index (κ1) is 14.9. The van der Waals surface area contributed by atoms with Gasteiger partial charge in [0, 0.05) is 7.05 Å². The van der Waals surface area contributed by atoms with Gasteiger partial charge < -0.3 is 11.1 Å². The van der Waals surface area contributed by atoms with E-state index in [0.29, 0.717) is 34.1 Å². The van der Waals surface area contributed by atoms with Crippen LogP contribution in [0.15, 0.2) is 18.2 Å². The normalized spacial score (nSPS) is 10.2. The number of halogens is 1. The molecule has 0 bridgehead atoms. The molecule has 1 aromatic heterocycles. The zero-order valence-electron chi connectivity index (χ0n) is 11.6. The fraction of sp³-hybridized carbons (Fsp3) is 0.214. The molecule has 0 unspecified atom stereocenters. The van der Waals surface area contributed by atoms with E-state index < -0.39 is 5.91 Å². The maximum absolute atomic E-state index is 12.3. The van der Waals surface area contributed by atoms with Crippen molar-refractivity contribution in [3.63, 3.8) is 0 Å². The van der Waals surface area contributed by atoms with Crippen LogP contribution in [0.3, 0.4) is 0 Å². The zero-order chi connectivity index (χ0) is 15.6. The predicted molar refractivity (Wildman–Crippen MR) is 81.1 cm³/mol. The maximum atomic E-state index is 12.3. The van der Waals surface area contributed by atoms with Crippen LogP contribution in [-0.2, 0) is 13.5 Å². The maximum Gasteiger partial charge on any atom is 0.276 e. The van der Waals surface area contributed by atoms with Crippen molar-refractivity contribution in [3.8, 4) is 6.07 Å². The number of hydrogen-bond donors (Lipinski definition) is 2. The Morgan fingerprint density at radius 3 is 2.81 bits per heavy atom. The number of hydrogen-bond acceptors (Lipinski definition) is 4. The quantitative estimate of drug-likeness (QED) is 0.909. The molecule has 21 heavy (non-hydrogen) atoms. The van der Waals surface area contributed by atoms with Crippen molar-refractivity contribution in [1.82, 2.24) is 9.78 Å². The second-order valence-corrected chi connectivity index (χ2v) is 4.85. The van der Waals surface area contributed by atoms with Crippen LogP contribution in [0.4, 0.5) is 11.4 Å². The van der Waals surface area contributed by atoms with Crippen molar-refractivity contribution < 1.29 is 4.79 Å². The first-order valence-electron chi connectivity index (χ1n) is 6.30. The summed E-state index contributed by atoms with van der Waals surface area (Å²) in [7, 11) is 1.66. The van der Waals surface area contributed by atoms with Crippen LogP contribution < -0.4 is 11.1 Å². The first-order valence-corrected chi connectivity index (χ1v) is 6.68. The van der Waals surface area contributed by atoms with Gasteiger partial charge in [-0.25, -0.2) is 0 Å². The third-order valence-electron chi connectivity index (χ3n) is 3.06. The van der Waals surface area contributed by atoms with E-state index in [1.165, 1.54) is 10.7 Å². The number of carbonyl (C=O) groups is 1. The summed E-state index contributed by atoms with van der Waals surface area (Å²) in [5, 5.41) is 16.0. The average molecular weight is 304 g/mol. The summed E-state index contributed by atoms with van der Waals surface area (Å²) in [5.74, 6) is -0.395. The number of amides is 1. The van der Waals surface area contributed by atoms with E-state index >= 15 is 0 Å². The van der Waals surface area contributed by atoms with Gasteiger partial charge in [-0.2, -0.15) is 10.4 Å². The van der Waals surface area contributed by atoms with Gasteiger partial charge >= 0.3 is 0 Å². The lowest BCUT2D eigenvalue weighted by molar-refractivity contribution is 0.101. The SMILES string of the molecule is CCc1nn(C)c(C(=O)Nc2ccc(C#N)cc2Cl)c1N. The van der Waals surface area contributed by atoms with Gasteiger partial charge in [0.05, 0.1) is 33.7 Å². The Labute approximate surface area is 127 Å². The lowest BCUT2D eigenvalue weighted by atomic mass is 10.2. The minimum atomic E-state index is -0.395. The highest BCUT2D eigenvalue weighted by Crippen LogP contribution is 2.25. The van der Waals surface area contributed by atoms with Crippen molar-refractivity contribution in [2.24, 2.45) is 7.05 Å². The van der Waals surface area contributed by atoms with Gasteiger partial charge in [0.25, 0.3) is 5.91 Å². The third kappa shape index (κ3) is 2.83. The Morgan fingerprint density at radius 1 is 1.57 bits per heavy atom. The van der Waals surface area contributed by atoms with Crippen LogP contribution in [0.2, 0.25) is 5.02 Å². The lowest BCUT2D eigenvalue weighted by Crippen LogP contribution is -2.18. The fourth-order valence-corrected chi connectivity index (χ4v) is 2.22. The number of aromatic nitrogens is 2. The smallest absolute Gasteiger partial charge is 0.276 e. The van der Waals surface area contributed by atoms with Gasteiger partial charge in [-0.1, -0.05) is 18.5 Å². The van der Waals surface area contributed by atoms with E-state index in [9.17, 15) is 4.79 Å². The van der Waals surface area contributed by atoms with Gasteiger partial charge in [0.1, 0.15) is 5.69 Å². The molecule has 1 amide bonds. The molecule has 0 radical (unpaired) electrons. The fourth-order valence-electron chi connectivity index (χ4n) is 1.99. The highest BCUT2D eigenvalue weighted by Gasteiger charge is 2.19. The molecule has 108 valence electrons. The molecule has 0 aliphatic carbocycles. The Kier molecular flexibility index (Phi) is 4.15. The molecule has 2 rings (SSSR count). The van der Waals surface area contributed by atoms with E-state index in [0.717, 1.165) is 0 Å². The number of aryl methyl sites for hydroxylation is 2. The number of anilines is 2. The van der Waals surface area contributed by atoms with Crippen LogP contribution in [0.1, 0.15) is 28.7 Å². The number of nitrogens with one attached hydrogen (secondary N) is 1. The van der Waals surface area contributed by atoms with E-state index in [1.807, 2.05) is 13.0 Å². The molecule has 3 N–H and O–H groups in total. The summed E-state index contributed by atoms with van der Waals surface area (Å²) in [6, 6.07) is 6.62. The molecule has 0 saturated heterocycles. The molecular weight excluding hydrogens is 290 g/mol. The van der Waals surface area contributed by atoms with Gasteiger partial charge in [0.2, 0.25) is 0 Å². The summed E-state index contributed by atoms with van der Waals surface area (Å²) < 4.78 is 1.45. The number of rotatable bonds is 3. The predicted octanol–water partition coefficient (Wildman–Crippen LogP) is 2.34. The van der Waals surface area contributed by atoms with Gasteiger partial charge in [0.15, 0.2) is 0 Å². The van der Waals surface area contributed by atoms with Crippen LogP contribution in [0.5, 0.6) is 0 Å². The second-order valence-electron chi connectivity index (χ2n) is 4.45. The molecule has 1 heterocycles. The van der Waals surface area contributed by atoms with E-state index in [1.54, 1.807) is 19.2 Å².